The molecule has 0 bridgehead atoms. The topological polar surface area (TPSA) is 38.3 Å². The molecular weight excluding hydrogens is 282 g/mol. The van der Waals surface area contributed by atoms with Crippen LogP contribution >= 0.6 is 12.2 Å². The van der Waals surface area contributed by atoms with Gasteiger partial charge in [0.25, 0.3) is 4.84 Å². The maximum Gasteiger partial charge on any atom is 0.269 e. The lowest BCUT2D eigenvalue weighted by molar-refractivity contribution is 0.465. The van der Waals surface area contributed by atoms with Gasteiger partial charge >= 0.3 is 0 Å². The highest BCUT2D eigenvalue weighted by Gasteiger charge is 2.12. The second kappa shape index (κ2) is 5.04. The van der Waals surface area contributed by atoms with E-state index in [4.69, 9.17) is 16.6 Å². The number of para-hydroxylation sites is 2. The maximum atomic E-state index is 10.0. The molecule has 0 saturated carbocycles. The smallest absolute Gasteiger partial charge is 0.269 e. The van der Waals surface area contributed by atoms with Gasteiger partial charge in [-0.05, 0) is 67.4 Å². The van der Waals surface area contributed by atoms with Crippen molar-refractivity contribution in [2.75, 3.05) is 0 Å². The number of hydrogen-bond acceptors (Lipinski definition) is 3. The van der Waals surface area contributed by atoms with E-state index < -0.39 is 0 Å². The summed E-state index contributed by atoms with van der Waals surface area (Å²) in [6, 6.07) is 9.85. The summed E-state index contributed by atoms with van der Waals surface area (Å²) in [5, 5.41) is 10.0. The molecule has 3 aromatic rings. The van der Waals surface area contributed by atoms with Gasteiger partial charge in [-0.1, -0.05) is 18.2 Å². The van der Waals surface area contributed by atoms with Gasteiger partial charge in [0.1, 0.15) is 5.75 Å². The van der Waals surface area contributed by atoms with E-state index in [0.717, 1.165) is 33.4 Å². The molecule has 0 aliphatic heterocycles. The minimum atomic E-state index is 0.372. The number of benzene rings is 2. The van der Waals surface area contributed by atoms with Gasteiger partial charge in [-0.25, -0.2) is 0 Å². The zero-order valence-corrected chi connectivity index (χ0v) is 13.1. The van der Waals surface area contributed by atoms with Crippen molar-refractivity contribution in [3.05, 3.63) is 57.4 Å². The van der Waals surface area contributed by atoms with Crippen LogP contribution in [0, 0.1) is 25.6 Å². The molecule has 0 amide bonds. The third-order valence-electron chi connectivity index (χ3n) is 4.07. The molecule has 0 radical (unpaired) electrons. The number of fused-ring (bicyclic) bond motifs is 1. The molecule has 108 valence electrons. The van der Waals surface area contributed by atoms with Crippen LogP contribution in [0.5, 0.6) is 5.75 Å². The first-order chi connectivity index (χ1) is 9.99. The molecule has 1 N–H and O–H groups in total. The molecule has 0 aliphatic carbocycles. The lowest BCUT2D eigenvalue weighted by atomic mass is 9.98. The first kappa shape index (κ1) is 13.9. The van der Waals surface area contributed by atoms with Crippen LogP contribution in [0.2, 0.25) is 0 Å². The highest BCUT2D eigenvalue weighted by Crippen LogP contribution is 2.29. The van der Waals surface area contributed by atoms with E-state index in [1.165, 1.54) is 0 Å². The van der Waals surface area contributed by atoms with Crippen LogP contribution in [0.15, 0.2) is 34.7 Å². The molecular formula is C17H17NO2S. The lowest BCUT2D eigenvalue weighted by Crippen LogP contribution is -2.03. The molecule has 1 aromatic heterocycles. The fraction of sp³-hybridized carbons (Fsp3) is 0.235. The normalized spacial score (nSPS) is 11.2. The number of nitrogens with zero attached hydrogens (tertiary/aromatic N) is 1. The molecule has 0 fully saturated rings. The van der Waals surface area contributed by atoms with Gasteiger partial charge in [0.05, 0.1) is 12.1 Å². The summed E-state index contributed by atoms with van der Waals surface area (Å²) in [6.45, 7) is 6.52. The number of aromatic hydroxyl groups is 1. The Bertz CT molecular complexity index is 890. The quantitative estimate of drug-likeness (QED) is 0.700. The molecule has 0 atom stereocenters. The Hall–Kier alpha value is -2.07. The van der Waals surface area contributed by atoms with Gasteiger partial charge < -0.3 is 9.52 Å². The number of oxazole rings is 1. The van der Waals surface area contributed by atoms with E-state index in [0.29, 0.717) is 17.1 Å². The minimum absolute atomic E-state index is 0.372. The summed E-state index contributed by atoms with van der Waals surface area (Å²) in [5.74, 6) is 0.372. The fourth-order valence-corrected chi connectivity index (χ4v) is 2.90. The SMILES string of the molecule is Cc1cc(Cn2c(=S)oc3ccccc32)c(C)c(C)c1O. The Balaban J connectivity index is 2.16. The molecule has 0 unspecified atom stereocenters. The van der Waals surface area contributed by atoms with Crippen LogP contribution in [0.3, 0.4) is 0 Å². The van der Waals surface area contributed by atoms with E-state index in [2.05, 4.69) is 0 Å². The molecule has 2 aromatic carbocycles. The summed E-state index contributed by atoms with van der Waals surface area (Å²) < 4.78 is 7.61. The molecule has 0 saturated heterocycles. The van der Waals surface area contributed by atoms with Crippen molar-refractivity contribution in [3.8, 4) is 5.75 Å². The molecule has 1 heterocycles. The number of hydrogen-bond donors (Lipinski definition) is 1. The van der Waals surface area contributed by atoms with E-state index in [9.17, 15) is 5.11 Å². The van der Waals surface area contributed by atoms with Crippen molar-refractivity contribution in [2.45, 2.75) is 27.3 Å². The Morgan fingerprint density at radius 2 is 1.86 bits per heavy atom. The van der Waals surface area contributed by atoms with Crippen molar-refractivity contribution < 1.29 is 9.52 Å². The standard InChI is InChI=1S/C17H17NO2S/c1-10-8-13(11(2)12(3)16(10)19)9-18-14-6-4-5-7-15(14)20-17(18)21/h4-8,19H,9H2,1-3H3. The molecule has 3 nitrogen and oxygen atoms in total. The highest BCUT2D eigenvalue weighted by molar-refractivity contribution is 7.71. The zero-order chi connectivity index (χ0) is 15.1. The van der Waals surface area contributed by atoms with Crippen LogP contribution in [0.1, 0.15) is 22.3 Å². The van der Waals surface area contributed by atoms with Gasteiger partial charge in [0.15, 0.2) is 5.58 Å². The van der Waals surface area contributed by atoms with Gasteiger partial charge in [-0.15, -0.1) is 0 Å². The Labute approximate surface area is 128 Å². The molecule has 0 aliphatic rings. The molecule has 3 rings (SSSR count). The summed E-state index contributed by atoms with van der Waals surface area (Å²) in [6.07, 6.45) is 0. The van der Waals surface area contributed by atoms with Gasteiger partial charge in [0.2, 0.25) is 0 Å². The van der Waals surface area contributed by atoms with Crippen LogP contribution < -0.4 is 0 Å². The largest absolute Gasteiger partial charge is 0.507 e. The van der Waals surface area contributed by atoms with Crippen LogP contribution in [-0.2, 0) is 6.54 Å². The van der Waals surface area contributed by atoms with Gasteiger partial charge in [0, 0.05) is 0 Å². The van der Waals surface area contributed by atoms with Crippen LogP contribution in [0.4, 0.5) is 0 Å². The number of rotatable bonds is 2. The Kier molecular flexibility index (Phi) is 3.33. The Morgan fingerprint density at radius 1 is 1.14 bits per heavy atom. The minimum Gasteiger partial charge on any atom is -0.507 e. The monoisotopic (exact) mass is 299 g/mol. The van der Waals surface area contributed by atoms with Gasteiger partial charge in [-0.2, -0.15) is 0 Å². The van der Waals surface area contributed by atoms with Crippen molar-refractivity contribution >= 4 is 23.3 Å². The first-order valence-corrected chi connectivity index (χ1v) is 7.27. The molecule has 0 spiro atoms. The maximum absolute atomic E-state index is 10.0. The van der Waals surface area contributed by atoms with Crippen molar-refractivity contribution in [3.63, 3.8) is 0 Å². The van der Waals surface area contributed by atoms with E-state index in [1.54, 1.807) is 0 Å². The average Bonchev–Trinajstić information content (AvgIpc) is 2.78. The molecule has 4 heteroatoms. The predicted molar refractivity (Wildman–Crippen MR) is 86.5 cm³/mol. The summed E-state index contributed by atoms with van der Waals surface area (Å²) in [7, 11) is 0. The predicted octanol–water partition coefficient (Wildman–Crippen LogP) is 4.64. The van der Waals surface area contributed by atoms with Crippen LogP contribution in [0.25, 0.3) is 11.1 Å². The first-order valence-electron chi connectivity index (χ1n) is 6.86. The van der Waals surface area contributed by atoms with E-state index in [1.807, 2.05) is 55.7 Å². The Morgan fingerprint density at radius 3 is 2.62 bits per heavy atom. The summed E-state index contributed by atoms with van der Waals surface area (Å²) in [5.41, 5.74) is 5.82. The number of phenolic OH excluding ortho intramolecular Hbond substituents is 1. The summed E-state index contributed by atoms with van der Waals surface area (Å²) >= 11 is 5.33. The van der Waals surface area contributed by atoms with Crippen LogP contribution in [-0.4, -0.2) is 9.67 Å². The number of aryl methyl sites for hydroxylation is 1. The zero-order valence-electron chi connectivity index (χ0n) is 12.3. The third-order valence-corrected chi connectivity index (χ3v) is 4.37. The number of phenols is 1. The highest BCUT2D eigenvalue weighted by atomic mass is 32.1. The third kappa shape index (κ3) is 2.25. The van der Waals surface area contributed by atoms with Crippen molar-refractivity contribution in [2.24, 2.45) is 0 Å². The van der Waals surface area contributed by atoms with E-state index >= 15 is 0 Å². The second-order valence-corrected chi connectivity index (χ2v) is 5.72. The summed E-state index contributed by atoms with van der Waals surface area (Å²) in [4.78, 5) is 0.471. The fourth-order valence-electron chi connectivity index (χ4n) is 2.65. The second-order valence-electron chi connectivity index (χ2n) is 5.37. The van der Waals surface area contributed by atoms with Crippen molar-refractivity contribution in [1.82, 2.24) is 4.57 Å². The average molecular weight is 299 g/mol. The lowest BCUT2D eigenvalue weighted by Gasteiger charge is -2.13. The molecule has 21 heavy (non-hydrogen) atoms. The van der Waals surface area contributed by atoms with Crippen molar-refractivity contribution in [1.29, 1.82) is 0 Å². The number of aromatic nitrogens is 1. The van der Waals surface area contributed by atoms with Gasteiger partial charge in [-0.3, -0.25) is 4.57 Å². The van der Waals surface area contributed by atoms with E-state index in [-0.39, 0.29) is 0 Å².